The molecule has 0 saturated carbocycles. The Kier molecular flexibility index (Phi) is 3.89. The number of rotatable bonds is 5. The summed E-state index contributed by atoms with van der Waals surface area (Å²) in [5.41, 5.74) is 0.935. The second-order valence-electron chi connectivity index (χ2n) is 4.31. The number of furan rings is 1. The molecule has 108 valence electrons. The molecule has 0 fully saturated rings. The van der Waals surface area contributed by atoms with Crippen LogP contribution in [0.4, 0.5) is 0 Å². The van der Waals surface area contributed by atoms with E-state index in [2.05, 4.69) is 26.1 Å². The van der Waals surface area contributed by atoms with Gasteiger partial charge in [0.05, 0.1) is 11.8 Å². The van der Waals surface area contributed by atoms with E-state index in [1.807, 2.05) is 30.6 Å². The van der Waals surface area contributed by atoms with Crippen molar-refractivity contribution in [1.29, 1.82) is 0 Å². The highest BCUT2D eigenvalue weighted by Gasteiger charge is 2.18. The highest BCUT2D eigenvalue weighted by Crippen LogP contribution is 2.31. The fraction of sp³-hybridized carbons (Fsp3) is 0.231. The fourth-order valence-corrected chi connectivity index (χ4v) is 3.47. The number of nitrogens with zero attached hydrogens (tertiary/aromatic N) is 5. The Hall–Kier alpha value is -1.93. The van der Waals surface area contributed by atoms with Gasteiger partial charge in [0.25, 0.3) is 0 Å². The van der Waals surface area contributed by atoms with Gasteiger partial charge >= 0.3 is 0 Å². The summed E-state index contributed by atoms with van der Waals surface area (Å²) < 4.78 is 12.4. The Balaban J connectivity index is 2.00. The van der Waals surface area contributed by atoms with E-state index in [9.17, 15) is 0 Å². The van der Waals surface area contributed by atoms with Crippen molar-refractivity contribution in [3.8, 4) is 11.4 Å². The molecule has 0 aliphatic heterocycles. The molecule has 3 aromatic heterocycles. The van der Waals surface area contributed by atoms with Crippen LogP contribution >= 0.6 is 23.3 Å². The van der Waals surface area contributed by atoms with Gasteiger partial charge in [-0.15, -0.1) is 16.8 Å². The summed E-state index contributed by atoms with van der Waals surface area (Å²) in [5, 5.41) is 9.31. The molecule has 3 aromatic rings. The van der Waals surface area contributed by atoms with Crippen LogP contribution in [-0.4, -0.2) is 24.1 Å². The van der Waals surface area contributed by atoms with Gasteiger partial charge in [0.2, 0.25) is 0 Å². The van der Waals surface area contributed by atoms with Crippen LogP contribution in [0, 0.1) is 13.8 Å². The number of aromatic nitrogens is 5. The third-order valence-corrected chi connectivity index (χ3v) is 4.64. The molecule has 0 spiro atoms. The molecule has 0 aliphatic rings. The summed E-state index contributed by atoms with van der Waals surface area (Å²) in [6, 6.07) is 1.89. The van der Waals surface area contributed by atoms with E-state index in [0.717, 1.165) is 32.5 Å². The Bertz CT molecular complexity index is 773. The maximum atomic E-state index is 5.35. The van der Waals surface area contributed by atoms with Gasteiger partial charge in [-0.1, -0.05) is 6.08 Å². The zero-order valence-corrected chi connectivity index (χ0v) is 13.2. The first-order chi connectivity index (χ1) is 10.2. The first kappa shape index (κ1) is 14.0. The van der Waals surface area contributed by atoms with E-state index in [1.165, 1.54) is 23.3 Å². The molecule has 0 amide bonds. The van der Waals surface area contributed by atoms with Crippen LogP contribution in [0.1, 0.15) is 11.6 Å². The minimum atomic E-state index is 0.618. The molecule has 6 nitrogen and oxygen atoms in total. The topological polar surface area (TPSA) is 69.6 Å². The number of hydrogen-bond donors (Lipinski definition) is 0. The van der Waals surface area contributed by atoms with E-state index in [4.69, 9.17) is 4.42 Å². The van der Waals surface area contributed by atoms with Crippen LogP contribution in [0.3, 0.4) is 0 Å². The van der Waals surface area contributed by atoms with E-state index in [0.29, 0.717) is 6.54 Å². The van der Waals surface area contributed by atoms with Crippen molar-refractivity contribution in [1.82, 2.24) is 24.1 Å². The molecule has 0 bridgehead atoms. The van der Waals surface area contributed by atoms with E-state index < -0.39 is 0 Å². The predicted octanol–water partition coefficient (Wildman–Crippen LogP) is 3.34. The van der Waals surface area contributed by atoms with Gasteiger partial charge < -0.3 is 4.42 Å². The lowest BCUT2D eigenvalue weighted by atomic mass is 10.2. The lowest BCUT2D eigenvalue weighted by Gasteiger charge is -2.05. The third-order valence-electron chi connectivity index (χ3n) is 2.82. The van der Waals surface area contributed by atoms with Crippen LogP contribution in [-0.2, 0) is 6.54 Å². The van der Waals surface area contributed by atoms with Gasteiger partial charge in [0, 0.05) is 6.54 Å². The molecule has 0 radical (unpaired) electrons. The van der Waals surface area contributed by atoms with Crippen LogP contribution in [0.2, 0.25) is 0 Å². The second-order valence-corrected chi connectivity index (χ2v) is 6.27. The number of hydrogen-bond acceptors (Lipinski definition) is 7. The van der Waals surface area contributed by atoms with Crippen LogP contribution in [0.5, 0.6) is 0 Å². The normalized spacial score (nSPS) is 11.0. The van der Waals surface area contributed by atoms with E-state index >= 15 is 0 Å². The molecule has 0 atom stereocenters. The van der Waals surface area contributed by atoms with Gasteiger partial charge in [-0.3, -0.25) is 4.57 Å². The van der Waals surface area contributed by atoms with Crippen LogP contribution in [0.25, 0.3) is 11.4 Å². The molecule has 3 rings (SSSR count). The first-order valence-electron chi connectivity index (χ1n) is 6.25. The van der Waals surface area contributed by atoms with Crippen LogP contribution in [0.15, 0.2) is 38.9 Å². The molecule has 0 N–H and O–H groups in total. The van der Waals surface area contributed by atoms with Crippen molar-refractivity contribution >= 4 is 23.3 Å². The molecular weight excluding hydrogens is 306 g/mol. The SMILES string of the molecule is C=CCn1c(Sc2nc(C)ns2)nnc1-c1ccoc1C. The minimum absolute atomic E-state index is 0.618. The van der Waals surface area contributed by atoms with Gasteiger partial charge in [-0.25, -0.2) is 4.98 Å². The summed E-state index contributed by atoms with van der Waals surface area (Å²) in [4.78, 5) is 4.34. The summed E-state index contributed by atoms with van der Waals surface area (Å²) >= 11 is 2.81. The molecule has 21 heavy (non-hydrogen) atoms. The van der Waals surface area contributed by atoms with Crippen LogP contribution < -0.4 is 0 Å². The molecular formula is C13H13N5OS2. The van der Waals surface area contributed by atoms with Crippen molar-refractivity contribution < 1.29 is 4.42 Å². The Labute approximate surface area is 130 Å². The summed E-state index contributed by atoms with van der Waals surface area (Å²) in [7, 11) is 0. The highest BCUT2D eigenvalue weighted by molar-refractivity contribution is 8.00. The highest BCUT2D eigenvalue weighted by atomic mass is 32.2. The molecule has 0 saturated heterocycles. The van der Waals surface area contributed by atoms with Crippen molar-refractivity contribution in [2.24, 2.45) is 0 Å². The first-order valence-corrected chi connectivity index (χ1v) is 7.84. The largest absolute Gasteiger partial charge is 0.469 e. The molecule has 3 heterocycles. The summed E-state index contributed by atoms with van der Waals surface area (Å²) in [6.45, 7) is 8.19. The number of aryl methyl sites for hydroxylation is 2. The zero-order valence-electron chi connectivity index (χ0n) is 11.6. The van der Waals surface area contributed by atoms with Gasteiger partial charge in [-0.2, -0.15) is 4.37 Å². The summed E-state index contributed by atoms with van der Waals surface area (Å²) in [6.07, 6.45) is 3.47. The maximum absolute atomic E-state index is 5.35. The second kappa shape index (κ2) is 5.82. The average Bonchev–Trinajstić information content (AvgIpc) is 3.14. The lowest BCUT2D eigenvalue weighted by Crippen LogP contribution is -2.00. The standard InChI is InChI=1S/C13H13N5OS2/c1-4-6-18-11(10-5-7-19-8(10)2)15-16-12(18)20-13-14-9(3)17-21-13/h4-5,7H,1,6H2,2-3H3. The van der Waals surface area contributed by atoms with Crippen molar-refractivity contribution in [3.05, 3.63) is 36.6 Å². The molecule has 0 aromatic carbocycles. The van der Waals surface area contributed by atoms with Crippen molar-refractivity contribution in [2.75, 3.05) is 0 Å². The van der Waals surface area contributed by atoms with E-state index in [-0.39, 0.29) is 0 Å². The van der Waals surface area contributed by atoms with Gasteiger partial charge in [0.15, 0.2) is 15.3 Å². The van der Waals surface area contributed by atoms with E-state index in [1.54, 1.807) is 6.26 Å². The fourth-order valence-electron chi connectivity index (χ4n) is 1.87. The van der Waals surface area contributed by atoms with Gasteiger partial charge in [-0.05, 0) is 43.2 Å². The molecule has 0 aliphatic carbocycles. The van der Waals surface area contributed by atoms with Crippen molar-refractivity contribution in [3.63, 3.8) is 0 Å². The summed E-state index contributed by atoms with van der Waals surface area (Å²) in [5.74, 6) is 2.35. The average molecular weight is 319 g/mol. The molecule has 0 unspecified atom stereocenters. The zero-order chi connectivity index (χ0) is 14.8. The Morgan fingerprint density at radius 3 is 2.90 bits per heavy atom. The Morgan fingerprint density at radius 2 is 2.29 bits per heavy atom. The van der Waals surface area contributed by atoms with Crippen molar-refractivity contribution in [2.45, 2.75) is 29.9 Å². The minimum Gasteiger partial charge on any atom is -0.469 e. The monoisotopic (exact) mass is 319 g/mol. The third kappa shape index (κ3) is 2.77. The Morgan fingerprint density at radius 1 is 1.43 bits per heavy atom. The van der Waals surface area contributed by atoms with Gasteiger partial charge in [0.1, 0.15) is 11.6 Å². The maximum Gasteiger partial charge on any atom is 0.198 e. The predicted molar refractivity (Wildman–Crippen MR) is 81.4 cm³/mol. The number of allylic oxidation sites excluding steroid dienone is 1. The lowest BCUT2D eigenvalue weighted by molar-refractivity contribution is 0.534. The molecule has 8 heteroatoms. The smallest absolute Gasteiger partial charge is 0.198 e. The quantitative estimate of drug-likeness (QED) is 0.672.